The Morgan fingerprint density at radius 1 is 1.27 bits per heavy atom. The summed E-state index contributed by atoms with van der Waals surface area (Å²) in [6.07, 6.45) is 2.74. The molecule has 0 spiro atoms. The summed E-state index contributed by atoms with van der Waals surface area (Å²) in [5.74, 6) is 0.652. The standard InChI is InChI=1S/C15H13N3O3.BrH/c19-14(12-5-1-2-6-13(12)18(20)21)10-17-9-3-4-11-7-8-16-15(11)17;/h1-6,9H,7-8,10H2;1H. The van der Waals surface area contributed by atoms with Crippen molar-refractivity contribution in [2.75, 3.05) is 11.9 Å². The highest BCUT2D eigenvalue weighted by Crippen LogP contribution is 2.20. The van der Waals surface area contributed by atoms with Crippen LogP contribution in [0.1, 0.15) is 15.9 Å². The molecule has 1 aromatic heterocycles. The summed E-state index contributed by atoms with van der Waals surface area (Å²) in [5.41, 5.74) is 1.15. The van der Waals surface area contributed by atoms with Crippen LogP contribution in [0.15, 0.2) is 42.6 Å². The van der Waals surface area contributed by atoms with E-state index in [9.17, 15) is 14.9 Å². The fourth-order valence-corrected chi connectivity index (χ4v) is 2.57. The lowest BCUT2D eigenvalue weighted by molar-refractivity contribution is -0.669. The summed E-state index contributed by atoms with van der Waals surface area (Å²) >= 11 is 0. The van der Waals surface area contributed by atoms with Crippen LogP contribution in [0.25, 0.3) is 0 Å². The third-order valence-electron chi connectivity index (χ3n) is 3.56. The Hall–Kier alpha value is -2.28. The lowest BCUT2D eigenvalue weighted by Gasteiger charge is -2.05. The number of aromatic nitrogens is 1. The Morgan fingerprint density at radius 2 is 2.05 bits per heavy atom. The first-order valence-electron chi connectivity index (χ1n) is 6.68. The summed E-state index contributed by atoms with van der Waals surface area (Å²) < 4.78 is 1.81. The number of para-hydroxylation sites is 1. The van der Waals surface area contributed by atoms with Crippen molar-refractivity contribution >= 4 is 17.3 Å². The van der Waals surface area contributed by atoms with E-state index >= 15 is 0 Å². The summed E-state index contributed by atoms with van der Waals surface area (Å²) in [7, 11) is 0. The average molecular weight is 364 g/mol. The third-order valence-corrected chi connectivity index (χ3v) is 3.56. The van der Waals surface area contributed by atoms with Gasteiger partial charge in [-0.1, -0.05) is 12.1 Å². The van der Waals surface area contributed by atoms with E-state index in [1.165, 1.54) is 12.1 Å². The van der Waals surface area contributed by atoms with E-state index in [1.807, 2.05) is 18.3 Å². The molecule has 2 heterocycles. The topological polar surface area (TPSA) is 76.1 Å². The molecule has 0 unspecified atom stereocenters. The Balaban J connectivity index is 0.00000176. The normalized spacial score (nSPS) is 12.0. The van der Waals surface area contributed by atoms with Crippen LogP contribution >= 0.6 is 0 Å². The highest BCUT2D eigenvalue weighted by Gasteiger charge is 2.25. The molecule has 1 N–H and O–H groups in total. The molecule has 2 aromatic rings. The molecule has 0 aliphatic carbocycles. The van der Waals surface area contributed by atoms with Gasteiger partial charge in [0.25, 0.3) is 11.5 Å². The van der Waals surface area contributed by atoms with Crippen LogP contribution < -0.4 is 26.9 Å². The number of carbonyl (C=O) groups excluding carboxylic acids is 1. The second kappa shape index (κ2) is 6.65. The van der Waals surface area contributed by atoms with Crippen molar-refractivity contribution in [1.82, 2.24) is 0 Å². The van der Waals surface area contributed by atoms with Gasteiger partial charge in [-0.05, 0) is 18.2 Å². The number of fused-ring (bicyclic) bond motifs is 1. The molecule has 0 atom stereocenters. The number of benzene rings is 1. The first-order valence-corrected chi connectivity index (χ1v) is 6.68. The second-order valence-corrected chi connectivity index (χ2v) is 4.88. The number of Topliss-reactive ketones (excluding diaryl/α,β-unsaturated/α-hetero) is 1. The first-order chi connectivity index (χ1) is 10.2. The maximum absolute atomic E-state index is 12.4. The molecule has 0 fully saturated rings. The molecule has 7 heteroatoms. The lowest BCUT2D eigenvalue weighted by Crippen LogP contribution is -3.00. The number of nitrogens with one attached hydrogen (secondary N) is 1. The molecule has 0 radical (unpaired) electrons. The van der Waals surface area contributed by atoms with Crippen molar-refractivity contribution < 1.29 is 31.3 Å². The van der Waals surface area contributed by atoms with Crippen LogP contribution in [0, 0.1) is 10.1 Å². The van der Waals surface area contributed by atoms with Gasteiger partial charge in [0.15, 0.2) is 6.54 Å². The van der Waals surface area contributed by atoms with Crippen molar-refractivity contribution in [3.63, 3.8) is 0 Å². The molecule has 22 heavy (non-hydrogen) atoms. The Kier molecular flexibility index (Phi) is 4.87. The molecule has 3 rings (SSSR count). The van der Waals surface area contributed by atoms with Gasteiger partial charge in [-0.2, -0.15) is 0 Å². The highest BCUT2D eigenvalue weighted by molar-refractivity contribution is 5.98. The van der Waals surface area contributed by atoms with E-state index in [-0.39, 0.29) is 40.6 Å². The Morgan fingerprint density at radius 3 is 2.82 bits per heavy atom. The highest BCUT2D eigenvalue weighted by atomic mass is 79.9. The fraction of sp³-hybridized carbons (Fsp3) is 0.200. The molecule has 1 aliphatic heterocycles. The number of nitrogens with zero attached hydrogens (tertiary/aromatic N) is 2. The van der Waals surface area contributed by atoms with Crippen LogP contribution in [0.3, 0.4) is 0 Å². The van der Waals surface area contributed by atoms with E-state index in [0.717, 1.165) is 24.3 Å². The van der Waals surface area contributed by atoms with Crippen molar-refractivity contribution in [2.24, 2.45) is 0 Å². The molecule has 114 valence electrons. The van der Waals surface area contributed by atoms with Crippen molar-refractivity contribution in [2.45, 2.75) is 13.0 Å². The number of pyridine rings is 1. The first kappa shape index (κ1) is 16.1. The SMILES string of the molecule is O=C(C[n+]1cccc2c1NCC2)c1ccccc1[N+](=O)[O-].[Br-]. The predicted molar refractivity (Wildman–Crippen MR) is 76.3 cm³/mol. The van der Waals surface area contributed by atoms with Gasteiger partial charge in [-0.15, -0.1) is 0 Å². The van der Waals surface area contributed by atoms with E-state index in [4.69, 9.17) is 0 Å². The lowest BCUT2D eigenvalue weighted by atomic mass is 10.1. The van der Waals surface area contributed by atoms with Crippen LogP contribution in [-0.2, 0) is 13.0 Å². The average Bonchev–Trinajstić information content (AvgIpc) is 2.96. The largest absolute Gasteiger partial charge is 1.00 e. The zero-order chi connectivity index (χ0) is 14.8. The smallest absolute Gasteiger partial charge is 0.280 e. The number of carbonyl (C=O) groups is 1. The molecule has 0 saturated carbocycles. The quantitative estimate of drug-likeness (QED) is 0.318. The molecular formula is C15H14BrN3O3. The van der Waals surface area contributed by atoms with Crippen LogP contribution in [0.5, 0.6) is 0 Å². The van der Waals surface area contributed by atoms with Crippen molar-refractivity contribution in [3.8, 4) is 0 Å². The molecular weight excluding hydrogens is 350 g/mol. The maximum atomic E-state index is 12.4. The fourth-order valence-electron chi connectivity index (χ4n) is 2.57. The van der Waals surface area contributed by atoms with Gasteiger partial charge in [-0.25, -0.2) is 4.57 Å². The minimum atomic E-state index is -0.522. The number of nitro groups is 1. The molecule has 0 saturated heterocycles. The van der Waals surface area contributed by atoms with Gasteiger partial charge in [0.05, 0.1) is 23.2 Å². The minimum Gasteiger partial charge on any atom is -1.00 e. The van der Waals surface area contributed by atoms with E-state index in [0.29, 0.717) is 0 Å². The monoisotopic (exact) mass is 363 g/mol. The van der Waals surface area contributed by atoms with Crippen molar-refractivity contribution in [1.29, 1.82) is 0 Å². The molecule has 0 amide bonds. The Labute approximate surface area is 137 Å². The summed E-state index contributed by atoms with van der Waals surface area (Å²) in [6.45, 7) is 0.931. The number of rotatable bonds is 4. The maximum Gasteiger partial charge on any atom is 0.280 e. The van der Waals surface area contributed by atoms with E-state index in [2.05, 4.69) is 5.32 Å². The number of anilines is 1. The van der Waals surface area contributed by atoms with E-state index < -0.39 is 4.92 Å². The van der Waals surface area contributed by atoms with Gasteiger partial charge in [-0.3, -0.25) is 20.2 Å². The zero-order valence-electron chi connectivity index (χ0n) is 11.7. The van der Waals surface area contributed by atoms with Gasteiger partial charge in [0.2, 0.25) is 5.78 Å². The molecule has 0 bridgehead atoms. The van der Waals surface area contributed by atoms with Gasteiger partial charge in [0, 0.05) is 18.1 Å². The van der Waals surface area contributed by atoms with Gasteiger partial charge in [0.1, 0.15) is 0 Å². The molecule has 6 nitrogen and oxygen atoms in total. The predicted octanol–water partition coefficient (Wildman–Crippen LogP) is -1.26. The molecule has 1 aromatic carbocycles. The van der Waals surface area contributed by atoms with Crippen LogP contribution in [-0.4, -0.2) is 17.3 Å². The number of nitro benzene ring substituents is 1. The number of hydrogen-bond acceptors (Lipinski definition) is 4. The number of ketones is 1. The third kappa shape index (κ3) is 2.99. The summed E-state index contributed by atoms with van der Waals surface area (Å²) in [6, 6.07) is 9.95. The molecule has 1 aliphatic rings. The second-order valence-electron chi connectivity index (χ2n) is 4.88. The van der Waals surface area contributed by atoms with Gasteiger partial charge < -0.3 is 17.0 Å². The number of hydrogen-bond donors (Lipinski definition) is 1. The number of halogens is 1. The van der Waals surface area contributed by atoms with Crippen molar-refractivity contribution in [3.05, 3.63) is 63.8 Å². The summed E-state index contributed by atoms with van der Waals surface area (Å²) in [5, 5.41) is 14.2. The zero-order valence-corrected chi connectivity index (χ0v) is 13.2. The van der Waals surface area contributed by atoms with Crippen LogP contribution in [0.2, 0.25) is 0 Å². The van der Waals surface area contributed by atoms with E-state index in [1.54, 1.807) is 16.7 Å². The summed E-state index contributed by atoms with van der Waals surface area (Å²) in [4.78, 5) is 22.9. The minimum absolute atomic E-state index is 0. The van der Waals surface area contributed by atoms with Crippen LogP contribution in [0.4, 0.5) is 11.5 Å². The Bertz CT molecular complexity index is 734. The van der Waals surface area contributed by atoms with Gasteiger partial charge >= 0.3 is 0 Å².